The van der Waals surface area contributed by atoms with Crippen molar-refractivity contribution in [1.29, 1.82) is 0 Å². The Bertz CT molecular complexity index is 1040. The van der Waals surface area contributed by atoms with Crippen molar-refractivity contribution < 1.29 is 13.3 Å². The third kappa shape index (κ3) is 3.78. The van der Waals surface area contributed by atoms with Crippen LogP contribution in [0.4, 0.5) is 0 Å². The van der Waals surface area contributed by atoms with Crippen molar-refractivity contribution >= 4 is 32.7 Å². The Balaban J connectivity index is 1.60. The number of hydrogen-bond acceptors (Lipinski definition) is 5. The predicted octanol–water partition coefficient (Wildman–Crippen LogP) is 2.89. The lowest BCUT2D eigenvalue weighted by atomic mass is 10.2. The van der Waals surface area contributed by atoms with Crippen molar-refractivity contribution in [3.63, 3.8) is 0 Å². The molecule has 0 N–H and O–H groups in total. The van der Waals surface area contributed by atoms with Gasteiger partial charge in [0, 0.05) is 18.1 Å². The summed E-state index contributed by atoms with van der Waals surface area (Å²) in [6.45, 7) is 1.38. The van der Waals surface area contributed by atoms with E-state index in [1.807, 2.05) is 12.1 Å². The second-order valence-corrected chi connectivity index (χ2v) is 8.85. The third-order valence-corrected chi connectivity index (χ3v) is 6.75. The van der Waals surface area contributed by atoms with E-state index in [0.29, 0.717) is 29.1 Å². The van der Waals surface area contributed by atoms with Crippen LogP contribution < -0.4 is 4.84 Å². The van der Waals surface area contributed by atoms with Gasteiger partial charge in [0.15, 0.2) is 0 Å². The maximum absolute atomic E-state index is 12.9. The first-order valence-electron chi connectivity index (χ1n) is 8.77. The summed E-state index contributed by atoms with van der Waals surface area (Å²) in [4.78, 5) is 7.18. The minimum Gasteiger partial charge on any atom is -0.390 e. The Morgan fingerprint density at radius 2 is 1.78 bits per heavy atom. The zero-order valence-corrected chi connectivity index (χ0v) is 16.2. The maximum Gasteiger partial charge on any atom is 0.243 e. The van der Waals surface area contributed by atoms with Crippen LogP contribution in [0, 0.1) is 0 Å². The molecule has 1 saturated heterocycles. The molecule has 4 rings (SSSR count). The fourth-order valence-corrected chi connectivity index (χ4v) is 4.77. The first-order valence-corrected chi connectivity index (χ1v) is 10.6. The Labute approximate surface area is 162 Å². The molecule has 0 radical (unpaired) electrons. The molecule has 142 valence electrons. The van der Waals surface area contributed by atoms with E-state index >= 15 is 0 Å². The lowest BCUT2D eigenvalue weighted by Crippen LogP contribution is -2.35. The van der Waals surface area contributed by atoms with E-state index in [9.17, 15) is 8.42 Å². The lowest BCUT2D eigenvalue weighted by molar-refractivity contribution is 0.0751. The highest BCUT2D eigenvalue weighted by molar-refractivity contribution is 7.89. The van der Waals surface area contributed by atoms with Crippen LogP contribution in [0.3, 0.4) is 0 Å². The second kappa shape index (κ2) is 7.46. The quantitative estimate of drug-likeness (QED) is 0.651. The van der Waals surface area contributed by atoms with Gasteiger partial charge in [0.2, 0.25) is 10.0 Å². The van der Waals surface area contributed by atoms with Gasteiger partial charge < -0.3 is 4.84 Å². The smallest absolute Gasteiger partial charge is 0.243 e. The highest BCUT2D eigenvalue weighted by Crippen LogP contribution is 2.23. The molecule has 0 bridgehead atoms. The largest absolute Gasteiger partial charge is 0.390 e. The molecule has 0 amide bonds. The fraction of sp³-hybridized carbons (Fsp3) is 0.333. The van der Waals surface area contributed by atoms with Crippen LogP contribution in [0.5, 0.6) is 0 Å². The van der Waals surface area contributed by atoms with Gasteiger partial charge in [-0.05, 0) is 54.0 Å². The summed E-state index contributed by atoms with van der Waals surface area (Å²) in [6, 6.07) is 12.1. The molecule has 3 aromatic rings. The average Bonchev–Trinajstić information content (AvgIpc) is 3.10. The normalized spacial score (nSPS) is 15.9. The van der Waals surface area contributed by atoms with Gasteiger partial charge in [-0.3, -0.25) is 0 Å². The fourth-order valence-electron chi connectivity index (χ4n) is 3.10. The zero-order chi connectivity index (χ0) is 18.9. The number of hydrogen-bond donors (Lipinski definition) is 0. The Hall–Kier alpha value is -2.16. The number of sulfonamides is 1. The topological polar surface area (TPSA) is 77.3 Å². The molecule has 0 atom stereocenters. The SMILES string of the molecule is O=S(=O)(c1ccc2nnn(OCc3ccc(Cl)cc3)c2c1)N1CCCCC1. The Morgan fingerprint density at radius 3 is 2.52 bits per heavy atom. The minimum absolute atomic E-state index is 0.232. The maximum atomic E-state index is 12.9. The van der Waals surface area contributed by atoms with Crippen LogP contribution in [0.15, 0.2) is 47.4 Å². The van der Waals surface area contributed by atoms with Crippen molar-refractivity contribution in [2.75, 3.05) is 13.1 Å². The molecule has 7 nitrogen and oxygen atoms in total. The molecule has 0 spiro atoms. The van der Waals surface area contributed by atoms with Crippen LogP contribution >= 0.6 is 11.6 Å². The number of rotatable bonds is 5. The highest BCUT2D eigenvalue weighted by atomic mass is 35.5. The Kier molecular flexibility index (Phi) is 5.03. The molecule has 1 aromatic heterocycles. The summed E-state index contributed by atoms with van der Waals surface area (Å²) < 4.78 is 27.3. The van der Waals surface area contributed by atoms with Gasteiger partial charge in [-0.1, -0.05) is 35.0 Å². The van der Waals surface area contributed by atoms with E-state index < -0.39 is 10.0 Å². The summed E-state index contributed by atoms with van der Waals surface area (Å²) in [5, 5.41) is 8.66. The summed E-state index contributed by atoms with van der Waals surface area (Å²) in [5.74, 6) is 0. The standard InChI is InChI=1S/C18H19ClN4O3S/c19-15-6-4-14(5-7-15)13-26-23-18-12-16(8-9-17(18)20-21-23)27(24,25)22-10-2-1-3-11-22/h4-9,12H,1-3,10-11,13H2. The van der Waals surface area contributed by atoms with Gasteiger partial charge in [-0.25, -0.2) is 8.42 Å². The minimum atomic E-state index is -3.53. The molecule has 2 heterocycles. The van der Waals surface area contributed by atoms with Gasteiger partial charge in [0.25, 0.3) is 0 Å². The van der Waals surface area contributed by atoms with Crippen molar-refractivity contribution in [3.05, 3.63) is 53.1 Å². The molecule has 9 heteroatoms. The van der Waals surface area contributed by atoms with E-state index in [-0.39, 0.29) is 11.5 Å². The second-order valence-electron chi connectivity index (χ2n) is 6.48. The van der Waals surface area contributed by atoms with Crippen LogP contribution in [0.25, 0.3) is 11.0 Å². The molecule has 0 unspecified atom stereocenters. The molecule has 0 aliphatic carbocycles. The van der Waals surface area contributed by atoms with E-state index in [2.05, 4.69) is 10.3 Å². The molecular weight excluding hydrogens is 388 g/mol. The monoisotopic (exact) mass is 406 g/mol. The number of piperidine rings is 1. The molecule has 27 heavy (non-hydrogen) atoms. The average molecular weight is 407 g/mol. The molecular formula is C18H19ClN4O3S. The van der Waals surface area contributed by atoms with Crippen molar-refractivity contribution in [3.8, 4) is 0 Å². The van der Waals surface area contributed by atoms with Crippen LogP contribution in [0.2, 0.25) is 5.02 Å². The summed E-state index contributed by atoms with van der Waals surface area (Å²) in [6.07, 6.45) is 2.86. The number of benzene rings is 2. The lowest BCUT2D eigenvalue weighted by Gasteiger charge is -2.25. The summed E-state index contributed by atoms with van der Waals surface area (Å²) in [7, 11) is -3.53. The number of aromatic nitrogens is 3. The van der Waals surface area contributed by atoms with Crippen LogP contribution in [-0.2, 0) is 16.6 Å². The van der Waals surface area contributed by atoms with E-state index in [1.165, 1.54) is 4.85 Å². The van der Waals surface area contributed by atoms with Crippen LogP contribution in [-0.4, -0.2) is 41.0 Å². The van der Waals surface area contributed by atoms with Gasteiger partial charge in [0.1, 0.15) is 17.6 Å². The van der Waals surface area contributed by atoms with Gasteiger partial charge in [-0.2, -0.15) is 4.31 Å². The molecule has 1 fully saturated rings. The number of halogens is 1. The first kappa shape index (κ1) is 18.2. The predicted molar refractivity (Wildman–Crippen MR) is 102 cm³/mol. The Morgan fingerprint density at radius 1 is 1.04 bits per heavy atom. The highest BCUT2D eigenvalue weighted by Gasteiger charge is 2.26. The summed E-state index contributed by atoms with van der Waals surface area (Å²) in [5.41, 5.74) is 2.01. The zero-order valence-electron chi connectivity index (χ0n) is 14.6. The van der Waals surface area contributed by atoms with E-state index in [4.69, 9.17) is 16.4 Å². The number of nitrogens with zero attached hydrogens (tertiary/aromatic N) is 4. The van der Waals surface area contributed by atoms with E-state index in [0.717, 1.165) is 24.8 Å². The van der Waals surface area contributed by atoms with Crippen LogP contribution in [0.1, 0.15) is 24.8 Å². The van der Waals surface area contributed by atoms with Gasteiger partial charge in [-0.15, -0.1) is 5.10 Å². The molecule has 1 aliphatic rings. The third-order valence-electron chi connectivity index (χ3n) is 4.61. The molecule has 0 saturated carbocycles. The molecule has 2 aromatic carbocycles. The van der Waals surface area contributed by atoms with Crippen molar-refractivity contribution in [1.82, 2.24) is 19.5 Å². The van der Waals surface area contributed by atoms with E-state index in [1.54, 1.807) is 34.6 Å². The van der Waals surface area contributed by atoms with Crippen molar-refractivity contribution in [2.45, 2.75) is 30.8 Å². The van der Waals surface area contributed by atoms with Gasteiger partial charge >= 0.3 is 0 Å². The van der Waals surface area contributed by atoms with Gasteiger partial charge in [0.05, 0.1) is 4.90 Å². The first-order chi connectivity index (χ1) is 13.0. The molecule has 1 aliphatic heterocycles. The number of fused-ring (bicyclic) bond motifs is 1. The van der Waals surface area contributed by atoms with Crippen molar-refractivity contribution in [2.24, 2.45) is 0 Å². The summed E-state index contributed by atoms with van der Waals surface area (Å²) >= 11 is 5.88.